The highest BCUT2D eigenvalue weighted by Crippen LogP contribution is 2.22. The maximum Gasteiger partial charge on any atom is 0.322 e. The maximum atomic E-state index is 13.7. The van der Waals surface area contributed by atoms with Crippen molar-refractivity contribution in [3.63, 3.8) is 0 Å². The number of benzene rings is 2. The molecular formula is C19H20F2N4O2. The van der Waals surface area contributed by atoms with Crippen molar-refractivity contribution in [2.45, 2.75) is 6.92 Å². The zero-order chi connectivity index (χ0) is 19.4. The van der Waals surface area contributed by atoms with E-state index >= 15 is 0 Å². The third-order valence-electron chi connectivity index (χ3n) is 4.29. The fraction of sp³-hybridized carbons (Fsp3) is 0.263. The van der Waals surface area contributed by atoms with Gasteiger partial charge in [0.2, 0.25) is 5.91 Å². The number of hydrogen-bond donors (Lipinski definition) is 2. The van der Waals surface area contributed by atoms with Crippen LogP contribution in [0.4, 0.5) is 30.6 Å². The third kappa shape index (κ3) is 4.52. The molecule has 3 amide bonds. The Labute approximate surface area is 155 Å². The summed E-state index contributed by atoms with van der Waals surface area (Å²) in [5, 5.41) is 5.04. The van der Waals surface area contributed by atoms with E-state index in [4.69, 9.17) is 0 Å². The van der Waals surface area contributed by atoms with E-state index in [0.717, 1.165) is 17.8 Å². The van der Waals surface area contributed by atoms with E-state index in [0.29, 0.717) is 31.9 Å². The number of anilines is 3. The average Bonchev–Trinajstić information content (AvgIpc) is 2.64. The molecule has 0 unspecified atom stereocenters. The van der Waals surface area contributed by atoms with Gasteiger partial charge in [-0.1, -0.05) is 12.1 Å². The van der Waals surface area contributed by atoms with E-state index in [-0.39, 0.29) is 5.91 Å². The Morgan fingerprint density at radius 2 is 1.56 bits per heavy atom. The van der Waals surface area contributed by atoms with Gasteiger partial charge in [0.1, 0.15) is 17.3 Å². The number of para-hydroxylation sites is 1. The quantitative estimate of drug-likeness (QED) is 0.867. The number of amides is 3. The van der Waals surface area contributed by atoms with Crippen molar-refractivity contribution < 1.29 is 18.4 Å². The highest BCUT2D eigenvalue weighted by atomic mass is 19.1. The summed E-state index contributed by atoms with van der Waals surface area (Å²) in [4.78, 5) is 27.1. The highest BCUT2D eigenvalue weighted by Gasteiger charge is 2.23. The average molecular weight is 374 g/mol. The summed E-state index contributed by atoms with van der Waals surface area (Å²) in [7, 11) is 0. The van der Waals surface area contributed by atoms with Gasteiger partial charge in [0.05, 0.1) is 0 Å². The molecule has 0 spiro atoms. The molecule has 1 saturated heterocycles. The fourth-order valence-corrected chi connectivity index (χ4v) is 2.95. The zero-order valence-electron chi connectivity index (χ0n) is 14.8. The number of rotatable bonds is 3. The molecule has 6 nitrogen and oxygen atoms in total. The van der Waals surface area contributed by atoms with Crippen LogP contribution in [0.1, 0.15) is 6.92 Å². The molecule has 1 heterocycles. The molecule has 0 atom stereocenters. The van der Waals surface area contributed by atoms with E-state index in [1.165, 1.54) is 17.9 Å². The van der Waals surface area contributed by atoms with E-state index < -0.39 is 23.4 Å². The molecule has 2 aromatic rings. The lowest BCUT2D eigenvalue weighted by molar-refractivity contribution is -0.114. The first-order chi connectivity index (χ1) is 12.9. The number of hydrogen-bond acceptors (Lipinski definition) is 3. The van der Waals surface area contributed by atoms with Gasteiger partial charge in [0.25, 0.3) is 0 Å². The van der Waals surface area contributed by atoms with Gasteiger partial charge < -0.3 is 20.4 Å². The second kappa shape index (κ2) is 8.03. The van der Waals surface area contributed by atoms with Crippen molar-refractivity contribution in [2.75, 3.05) is 41.7 Å². The largest absolute Gasteiger partial charge is 0.368 e. The number of urea groups is 1. The Bertz CT molecular complexity index is 831. The number of piperazine rings is 1. The Hall–Kier alpha value is -3.16. The SMILES string of the molecule is CC(=O)Nc1cccc(N2CCN(C(=O)Nc3c(F)cccc3F)CC2)c1. The van der Waals surface area contributed by atoms with Crippen LogP contribution in [0, 0.1) is 11.6 Å². The van der Waals surface area contributed by atoms with Gasteiger partial charge in [-0.15, -0.1) is 0 Å². The minimum Gasteiger partial charge on any atom is -0.368 e. The molecule has 1 aliphatic rings. The topological polar surface area (TPSA) is 64.7 Å². The molecule has 0 saturated carbocycles. The highest BCUT2D eigenvalue weighted by molar-refractivity contribution is 5.90. The summed E-state index contributed by atoms with van der Waals surface area (Å²) >= 11 is 0. The molecule has 2 aromatic carbocycles. The predicted molar refractivity (Wildman–Crippen MR) is 99.9 cm³/mol. The standard InChI is InChI=1S/C19H20F2N4O2/c1-13(26)22-14-4-2-5-15(12-14)24-8-10-25(11-9-24)19(27)23-18-16(20)6-3-7-17(18)21/h2-7,12H,8-11H2,1H3,(H,22,26)(H,23,27). The second-order valence-corrected chi connectivity index (χ2v) is 6.23. The molecule has 1 fully saturated rings. The van der Waals surface area contributed by atoms with Crippen LogP contribution in [0.25, 0.3) is 0 Å². The molecule has 0 radical (unpaired) electrons. The number of nitrogens with one attached hydrogen (secondary N) is 2. The van der Waals surface area contributed by atoms with E-state index in [2.05, 4.69) is 15.5 Å². The van der Waals surface area contributed by atoms with E-state index in [9.17, 15) is 18.4 Å². The molecule has 3 rings (SSSR count). The van der Waals surface area contributed by atoms with Gasteiger partial charge in [-0.05, 0) is 30.3 Å². The number of nitrogens with zero attached hydrogens (tertiary/aromatic N) is 2. The minimum absolute atomic E-state index is 0.144. The van der Waals surface area contributed by atoms with Crippen LogP contribution in [-0.4, -0.2) is 43.0 Å². The van der Waals surface area contributed by atoms with Crippen molar-refractivity contribution in [1.29, 1.82) is 0 Å². The molecule has 2 N–H and O–H groups in total. The first-order valence-corrected chi connectivity index (χ1v) is 8.56. The molecule has 0 bridgehead atoms. The third-order valence-corrected chi connectivity index (χ3v) is 4.29. The van der Waals surface area contributed by atoms with Gasteiger partial charge in [-0.3, -0.25) is 4.79 Å². The molecule has 0 aliphatic carbocycles. The molecule has 27 heavy (non-hydrogen) atoms. The first-order valence-electron chi connectivity index (χ1n) is 8.56. The van der Waals surface area contributed by atoms with Crippen LogP contribution in [-0.2, 0) is 4.79 Å². The zero-order valence-corrected chi connectivity index (χ0v) is 14.8. The summed E-state index contributed by atoms with van der Waals surface area (Å²) in [6, 6.07) is 10.3. The van der Waals surface area contributed by atoms with Crippen LogP contribution in [0.5, 0.6) is 0 Å². The Morgan fingerprint density at radius 3 is 2.19 bits per heavy atom. The Balaban J connectivity index is 1.60. The lowest BCUT2D eigenvalue weighted by Crippen LogP contribution is -2.50. The summed E-state index contributed by atoms with van der Waals surface area (Å²) < 4.78 is 27.4. The van der Waals surface area contributed by atoms with Crippen molar-refractivity contribution >= 4 is 29.0 Å². The monoisotopic (exact) mass is 374 g/mol. The van der Waals surface area contributed by atoms with E-state index in [1.807, 2.05) is 18.2 Å². The van der Waals surface area contributed by atoms with Gasteiger partial charge in [-0.2, -0.15) is 0 Å². The first kappa shape index (κ1) is 18.6. The van der Waals surface area contributed by atoms with Gasteiger partial charge in [-0.25, -0.2) is 13.6 Å². The van der Waals surface area contributed by atoms with Crippen LogP contribution < -0.4 is 15.5 Å². The van der Waals surface area contributed by atoms with Crippen LogP contribution in [0.3, 0.4) is 0 Å². The summed E-state index contributed by atoms with van der Waals surface area (Å²) in [5.41, 5.74) is 1.20. The number of carbonyl (C=O) groups excluding carboxylic acids is 2. The normalized spacial score (nSPS) is 14.0. The lowest BCUT2D eigenvalue weighted by atomic mass is 10.2. The number of carbonyl (C=O) groups is 2. The van der Waals surface area contributed by atoms with E-state index in [1.54, 1.807) is 6.07 Å². The van der Waals surface area contributed by atoms with Gasteiger partial charge in [0, 0.05) is 44.5 Å². The molecule has 8 heteroatoms. The van der Waals surface area contributed by atoms with Crippen LogP contribution >= 0.6 is 0 Å². The molecule has 142 valence electrons. The molecule has 1 aliphatic heterocycles. The Kier molecular flexibility index (Phi) is 5.54. The lowest BCUT2D eigenvalue weighted by Gasteiger charge is -2.36. The minimum atomic E-state index is -0.809. The van der Waals surface area contributed by atoms with Crippen LogP contribution in [0.15, 0.2) is 42.5 Å². The Morgan fingerprint density at radius 1 is 0.926 bits per heavy atom. The van der Waals surface area contributed by atoms with Crippen molar-refractivity contribution in [2.24, 2.45) is 0 Å². The summed E-state index contributed by atoms with van der Waals surface area (Å²) in [6.07, 6.45) is 0. The van der Waals surface area contributed by atoms with Gasteiger partial charge in [0.15, 0.2) is 0 Å². The second-order valence-electron chi connectivity index (χ2n) is 6.23. The maximum absolute atomic E-state index is 13.7. The van der Waals surface area contributed by atoms with Crippen molar-refractivity contribution in [3.8, 4) is 0 Å². The van der Waals surface area contributed by atoms with Crippen molar-refractivity contribution in [3.05, 3.63) is 54.1 Å². The smallest absolute Gasteiger partial charge is 0.322 e. The molecular weight excluding hydrogens is 354 g/mol. The molecule has 0 aromatic heterocycles. The fourth-order valence-electron chi connectivity index (χ4n) is 2.95. The summed E-state index contributed by atoms with van der Waals surface area (Å²) in [5.74, 6) is -1.76. The van der Waals surface area contributed by atoms with Crippen LogP contribution in [0.2, 0.25) is 0 Å². The predicted octanol–water partition coefficient (Wildman–Crippen LogP) is 3.28. The van der Waals surface area contributed by atoms with Crippen molar-refractivity contribution in [1.82, 2.24) is 4.90 Å². The summed E-state index contributed by atoms with van der Waals surface area (Å²) in [6.45, 7) is 3.40. The van der Waals surface area contributed by atoms with Gasteiger partial charge >= 0.3 is 6.03 Å². The number of halogens is 2.